The first-order chi connectivity index (χ1) is 7.08. The van der Waals surface area contributed by atoms with Crippen molar-refractivity contribution in [3.63, 3.8) is 0 Å². The summed E-state index contributed by atoms with van der Waals surface area (Å²) in [4.78, 5) is 13.4. The molecule has 0 rings (SSSR count). The Balaban J connectivity index is 4.51. The van der Waals surface area contributed by atoms with E-state index >= 15 is 0 Å². The van der Waals surface area contributed by atoms with Gasteiger partial charge in [0.15, 0.2) is 0 Å². The maximum absolute atomic E-state index is 11.8. The van der Waals surface area contributed by atoms with Crippen LogP contribution in [0, 0.1) is 34.5 Å². The van der Waals surface area contributed by atoms with Gasteiger partial charge in [0.25, 0.3) is 0 Å². The van der Waals surface area contributed by atoms with Gasteiger partial charge >= 0.3 is 0 Å². The molecule has 4 nitrogen and oxygen atoms in total. The summed E-state index contributed by atoms with van der Waals surface area (Å²) in [7, 11) is 0. The van der Waals surface area contributed by atoms with Crippen LogP contribution in [-0.2, 0) is 4.79 Å². The number of carbonyl (C=O) groups excluding carboxylic acids is 1. The third kappa shape index (κ3) is 3.99. The van der Waals surface area contributed by atoms with Crippen molar-refractivity contribution in [2.75, 3.05) is 13.1 Å². The molecule has 0 fully saturated rings. The summed E-state index contributed by atoms with van der Waals surface area (Å²) in [5.41, 5.74) is 0. The molecule has 82 valence electrons. The van der Waals surface area contributed by atoms with Gasteiger partial charge in [0, 0.05) is 13.1 Å². The van der Waals surface area contributed by atoms with E-state index in [1.165, 1.54) is 0 Å². The van der Waals surface area contributed by atoms with Gasteiger partial charge < -0.3 is 4.90 Å². The molecule has 0 saturated heterocycles. The molecule has 1 unspecified atom stereocenters. The molecule has 1 amide bonds. The lowest BCUT2D eigenvalue weighted by molar-refractivity contribution is -0.134. The minimum Gasteiger partial charge on any atom is -0.341 e. The van der Waals surface area contributed by atoms with E-state index in [1.54, 1.807) is 4.90 Å². The normalized spacial score (nSPS) is 11.6. The summed E-state index contributed by atoms with van der Waals surface area (Å²) in [5.74, 6) is -0.743. The summed E-state index contributed by atoms with van der Waals surface area (Å²) < 4.78 is 0. The fourth-order valence-corrected chi connectivity index (χ4v) is 1.30. The molecule has 0 aromatic heterocycles. The molecule has 0 aliphatic carbocycles. The summed E-state index contributed by atoms with van der Waals surface area (Å²) in [6.07, 6.45) is 0.315. The first-order valence-corrected chi connectivity index (χ1v) is 5.13. The van der Waals surface area contributed by atoms with Gasteiger partial charge in [-0.15, -0.1) is 0 Å². The van der Waals surface area contributed by atoms with Crippen molar-refractivity contribution in [2.45, 2.75) is 27.2 Å². The summed E-state index contributed by atoms with van der Waals surface area (Å²) in [6, 6.07) is 4.02. The Morgan fingerprint density at radius 1 is 1.40 bits per heavy atom. The van der Waals surface area contributed by atoms with Crippen molar-refractivity contribution < 1.29 is 4.79 Å². The predicted octanol–water partition coefficient (Wildman–Crippen LogP) is 1.54. The average Bonchev–Trinajstić information content (AvgIpc) is 2.19. The summed E-state index contributed by atoms with van der Waals surface area (Å²) in [6.45, 7) is 6.51. The molecule has 0 N–H and O–H groups in total. The number of nitrogens with zero attached hydrogens (tertiary/aromatic N) is 3. The zero-order valence-electron chi connectivity index (χ0n) is 9.53. The molecular formula is C11H17N3O. The number of hydrogen-bond acceptors (Lipinski definition) is 3. The molecule has 4 heteroatoms. The molecule has 1 atom stereocenters. The van der Waals surface area contributed by atoms with Crippen LogP contribution in [0.2, 0.25) is 0 Å². The van der Waals surface area contributed by atoms with Crippen LogP contribution in [-0.4, -0.2) is 23.9 Å². The maximum Gasteiger partial charge on any atom is 0.240 e. The van der Waals surface area contributed by atoms with Crippen molar-refractivity contribution in [1.29, 1.82) is 10.5 Å². The zero-order valence-corrected chi connectivity index (χ0v) is 9.53. The lowest BCUT2D eigenvalue weighted by Gasteiger charge is -2.23. The fourth-order valence-electron chi connectivity index (χ4n) is 1.30. The quantitative estimate of drug-likeness (QED) is 0.686. The van der Waals surface area contributed by atoms with Crippen LogP contribution in [0.4, 0.5) is 0 Å². The minimum atomic E-state index is -0.594. The topological polar surface area (TPSA) is 67.9 Å². The fraction of sp³-hybridized carbons (Fsp3) is 0.727. The highest BCUT2D eigenvalue weighted by atomic mass is 16.2. The largest absolute Gasteiger partial charge is 0.341 e. The maximum atomic E-state index is 11.8. The number of rotatable bonds is 5. The average molecular weight is 207 g/mol. The second-order valence-corrected chi connectivity index (χ2v) is 3.68. The molecule has 0 aliphatic rings. The molecule has 0 saturated carbocycles. The Kier molecular flexibility index (Phi) is 6.13. The van der Waals surface area contributed by atoms with Gasteiger partial charge in [-0.1, -0.05) is 13.8 Å². The number of hydrogen-bond donors (Lipinski definition) is 0. The highest BCUT2D eigenvalue weighted by molar-refractivity contribution is 5.81. The van der Waals surface area contributed by atoms with Crippen LogP contribution in [0.25, 0.3) is 0 Å². The molecule has 0 radical (unpaired) electrons. The lowest BCUT2D eigenvalue weighted by Crippen LogP contribution is -2.38. The SMILES string of the molecule is CCN(CCC#N)C(=O)C(C#N)C(C)C. The van der Waals surface area contributed by atoms with E-state index in [0.29, 0.717) is 19.5 Å². The molecule has 0 aliphatic heterocycles. The monoisotopic (exact) mass is 207 g/mol. The number of nitriles is 2. The standard InChI is InChI=1S/C11H17N3O/c1-4-14(7-5-6-12)11(15)10(8-13)9(2)3/h9-10H,4-5,7H2,1-3H3. The summed E-state index contributed by atoms with van der Waals surface area (Å²) in [5, 5.41) is 17.3. The third-order valence-electron chi connectivity index (χ3n) is 2.26. The van der Waals surface area contributed by atoms with E-state index in [4.69, 9.17) is 10.5 Å². The van der Waals surface area contributed by atoms with Crippen molar-refractivity contribution >= 4 is 5.91 Å². The van der Waals surface area contributed by atoms with Gasteiger partial charge in [-0.2, -0.15) is 10.5 Å². The highest BCUT2D eigenvalue weighted by Gasteiger charge is 2.25. The van der Waals surface area contributed by atoms with Crippen molar-refractivity contribution in [3.8, 4) is 12.1 Å². The van der Waals surface area contributed by atoms with Crippen LogP contribution < -0.4 is 0 Å². The molecular weight excluding hydrogens is 190 g/mol. The van der Waals surface area contributed by atoms with Crippen LogP contribution in [0.15, 0.2) is 0 Å². The first-order valence-electron chi connectivity index (χ1n) is 5.13. The second-order valence-electron chi connectivity index (χ2n) is 3.68. The number of carbonyl (C=O) groups is 1. The zero-order chi connectivity index (χ0) is 11.8. The van der Waals surface area contributed by atoms with Gasteiger partial charge in [0.05, 0.1) is 18.6 Å². The van der Waals surface area contributed by atoms with Gasteiger partial charge in [0.2, 0.25) is 5.91 Å². The smallest absolute Gasteiger partial charge is 0.240 e. The van der Waals surface area contributed by atoms with E-state index in [-0.39, 0.29) is 11.8 Å². The third-order valence-corrected chi connectivity index (χ3v) is 2.26. The van der Waals surface area contributed by atoms with E-state index in [0.717, 1.165) is 0 Å². The van der Waals surface area contributed by atoms with Crippen LogP contribution in [0.5, 0.6) is 0 Å². The molecule has 0 aromatic carbocycles. The van der Waals surface area contributed by atoms with E-state index < -0.39 is 5.92 Å². The van der Waals surface area contributed by atoms with Crippen molar-refractivity contribution in [3.05, 3.63) is 0 Å². The van der Waals surface area contributed by atoms with E-state index in [9.17, 15) is 4.79 Å². The Labute approximate surface area is 91.1 Å². The van der Waals surface area contributed by atoms with Crippen LogP contribution in [0.1, 0.15) is 27.2 Å². The lowest BCUT2D eigenvalue weighted by atomic mass is 9.96. The molecule has 0 heterocycles. The first kappa shape index (κ1) is 13.4. The van der Waals surface area contributed by atoms with Crippen LogP contribution >= 0.6 is 0 Å². The van der Waals surface area contributed by atoms with E-state index in [1.807, 2.05) is 32.9 Å². The molecule has 0 bridgehead atoms. The second kappa shape index (κ2) is 6.84. The van der Waals surface area contributed by atoms with Gasteiger partial charge in [-0.05, 0) is 12.8 Å². The molecule has 0 spiro atoms. The molecule has 0 aromatic rings. The Morgan fingerprint density at radius 2 is 2.00 bits per heavy atom. The van der Waals surface area contributed by atoms with Gasteiger partial charge in [-0.25, -0.2) is 0 Å². The number of amides is 1. The Bertz CT molecular complexity index is 285. The van der Waals surface area contributed by atoms with Crippen molar-refractivity contribution in [2.24, 2.45) is 11.8 Å². The van der Waals surface area contributed by atoms with E-state index in [2.05, 4.69) is 0 Å². The van der Waals surface area contributed by atoms with Gasteiger partial charge in [-0.3, -0.25) is 4.79 Å². The Morgan fingerprint density at radius 3 is 2.33 bits per heavy atom. The van der Waals surface area contributed by atoms with Crippen LogP contribution in [0.3, 0.4) is 0 Å². The highest BCUT2D eigenvalue weighted by Crippen LogP contribution is 2.13. The minimum absolute atomic E-state index is 0.0126. The summed E-state index contributed by atoms with van der Waals surface area (Å²) >= 11 is 0. The van der Waals surface area contributed by atoms with Gasteiger partial charge in [0.1, 0.15) is 5.92 Å². The van der Waals surface area contributed by atoms with Crippen molar-refractivity contribution in [1.82, 2.24) is 4.90 Å². The predicted molar refractivity (Wildman–Crippen MR) is 56.4 cm³/mol. The Hall–Kier alpha value is -1.55. The molecule has 15 heavy (non-hydrogen) atoms.